The lowest BCUT2D eigenvalue weighted by molar-refractivity contribution is 0.218. The summed E-state index contributed by atoms with van der Waals surface area (Å²) in [4.78, 5) is 4.10. The molecule has 0 aromatic carbocycles. The highest BCUT2D eigenvalue weighted by atomic mass is 35.5. The van der Waals surface area contributed by atoms with Crippen molar-refractivity contribution in [1.82, 2.24) is 4.98 Å². The van der Waals surface area contributed by atoms with Gasteiger partial charge in [0.25, 0.3) is 0 Å². The topological polar surface area (TPSA) is 48.1 Å². The van der Waals surface area contributed by atoms with Crippen LogP contribution in [0, 0.1) is 0 Å². The number of thioether (sulfide) groups is 1. The minimum absolute atomic E-state index is 0.584. The number of pyridine rings is 1. The highest BCUT2D eigenvalue weighted by Crippen LogP contribution is 2.25. The maximum Gasteiger partial charge on any atom is 0.115 e. The van der Waals surface area contributed by atoms with Gasteiger partial charge < -0.3 is 10.5 Å². The molecule has 0 atom stereocenters. The maximum atomic E-state index is 5.90. The molecule has 0 fully saturated rings. The second kappa shape index (κ2) is 5.32. The zero-order chi connectivity index (χ0) is 9.68. The molecule has 13 heavy (non-hydrogen) atoms. The van der Waals surface area contributed by atoms with E-state index in [-0.39, 0.29) is 0 Å². The summed E-state index contributed by atoms with van der Waals surface area (Å²) in [5.41, 5.74) is 6.09. The Morgan fingerprint density at radius 2 is 2.46 bits per heavy atom. The lowest BCUT2D eigenvalue weighted by atomic mass is 10.4. The normalized spacial score (nSPS) is 10.3. The Bertz CT molecular complexity index is 283. The molecule has 0 aliphatic rings. The second-order valence-corrected chi connectivity index (χ2v) is 3.89. The molecule has 0 bridgehead atoms. The van der Waals surface area contributed by atoms with Gasteiger partial charge in [-0.15, -0.1) is 11.8 Å². The predicted molar refractivity (Wildman–Crippen MR) is 56.3 cm³/mol. The third kappa shape index (κ3) is 3.42. The van der Waals surface area contributed by atoms with Gasteiger partial charge >= 0.3 is 0 Å². The van der Waals surface area contributed by atoms with Gasteiger partial charge in [-0.1, -0.05) is 11.6 Å². The van der Waals surface area contributed by atoms with Gasteiger partial charge in [-0.25, -0.2) is 4.98 Å². The standard InChI is InChI=1S/C8H11ClN2OS/c1-12-2-3-13-8-7(9)4-6(10)5-11-8/h4-5H,2-3,10H2,1H3. The van der Waals surface area contributed by atoms with E-state index in [1.165, 1.54) is 0 Å². The molecule has 3 nitrogen and oxygen atoms in total. The number of nitrogen functional groups attached to an aromatic ring is 1. The Hall–Kier alpha value is -0.450. The lowest BCUT2D eigenvalue weighted by Crippen LogP contribution is -1.93. The number of nitrogens with two attached hydrogens (primary N) is 1. The highest BCUT2D eigenvalue weighted by molar-refractivity contribution is 7.99. The average molecular weight is 219 g/mol. The largest absolute Gasteiger partial charge is 0.397 e. The zero-order valence-corrected chi connectivity index (χ0v) is 8.86. The van der Waals surface area contributed by atoms with Crippen LogP contribution >= 0.6 is 23.4 Å². The molecule has 1 rings (SSSR count). The number of ether oxygens (including phenoxy) is 1. The summed E-state index contributed by atoms with van der Waals surface area (Å²) in [5, 5.41) is 1.40. The van der Waals surface area contributed by atoms with Crippen LogP contribution in [0.15, 0.2) is 17.3 Å². The summed E-state index contributed by atoms with van der Waals surface area (Å²) in [6.45, 7) is 0.688. The third-order valence-electron chi connectivity index (χ3n) is 1.35. The van der Waals surface area contributed by atoms with Crippen molar-refractivity contribution < 1.29 is 4.74 Å². The number of anilines is 1. The van der Waals surface area contributed by atoms with Crippen molar-refractivity contribution in [3.8, 4) is 0 Å². The first-order valence-electron chi connectivity index (χ1n) is 3.77. The van der Waals surface area contributed by atoms with Crippen LogP contribution in [-0.4, -0.2) is 24.5 Å². The predicted octanol–water partition coefficient (Wildman–Crippen LogP) is 2.06. The van der Waals surface area contributed by atoms with Crippen molar-refractivity contribution in [3.05, 3.63) is 17.3 Å². The molecule has 0 amide bonds. The number of nitrogens with zero attached hydrogens (tertiary/aromatic N) is 1. The highest BCUT2D eigenvalue weighted by Gasteiger charge is 2.02. The van der Waals surface area contributed by atoms with Crippen LogP contribution in [0.4, 0.5) is 5.69 Å². The van der Waals surface area contributed by atoms with Crippen LogP contribution in [0.3, 0.4) is 0 Å². The van der Waals surface area contributed by atoms with Crippen LogP contribution < -0.4 is 5.73 Å². The van der Waals surface area contributed by atoms with Crippen molar-refractivity contribution in [2.75, 3.05) is 25.2 Å². The summed E-state index contributed by atoms with van der Waals surface area (Å²) < 4.78 is 4.91. The van der Waals surface area contributed by atoms with Gasteiger partial charge in [-0.2, -0.15) is 0 Å². The lowest BCUT2D eigenvalue weighted by Gasteiger charge is -2.02. The van der Waals surface area contributed by atoms with E-state index in [9.17, 15) is 0 Å². The van der Waals surface area contributed by atoms with E-state index in [1.807, 2.05) is 0 Å². The van der Waals surface area contributed by atoms with Crippen molar-refractivity contribution >= 4 is 29.1 Å². The van der Waals surface area contributed by atoms with Crippen molar-refractivity contribution in [3.63, 3.8) is 0 Å². The number of hydrogen-bond acceptors (Lipinski definition) is 4. The van der Waals surface area contributed by atoms with Gasteiger partial charge in [0.15, 0.2) is 0 Å². The number of halogens is 1. The van der Waals surface area contributed by atoms with E-state index in [4.69, 9.17) is 22.1 Å². The quantitative estimate of drug-likeness (QED) is 0.621. The van der Waals surface area contributed by atoms with E-state index in [1.54, 1.807) is 31.1 Å². The molecule has 1 heterocycles. The Morgan fingerprint density at radius 3 is 3.08 bits per heavy atom. The van der Waals surface area contributed by atoms with Crippen molar-refractivity contribution in [2.45, 2.75) is 5.03 Å². The Kier molecular flexibility index (Phi) is 4.35. The molecule has 0 aliphatic heterocycles. The average Bonchev–Trinajstić information content (AvgIpc) is 2.09. The molecule has 2 N–H and O–H groups in total. The fraction of sp³-hybridized carbons (Fsp3) is 0.375. The molecular formula is C8H11ClN2OS. The van der Waals surface area contributed by atoms with Crippen LogP contribution in [0.5, 0.6) is 0 Å². The van der Waals surface area contributed by atoms with E-state index < -0.39 is 0 Å². The zero-order valence-electron chi connectivity index (χ0n) is 7.29. The molecule has 0 spiro atoms. The number of methoxy groups -OCH3 is 1. The van der Waals surface area contributed by atoms with E-state index in [0.717, 1.165) is 10.8 Å². The summed E-state index contributed by atoms with van der Waals surface area (Å²) in [6.07, 6.45) is 1.60. The van der Waals surface area contributed by atoms with Gasteiger partial charge in [0.05, 0.1) is 23.5 Å². The Balaban J connectivity index is 2.56. The van der Waals surface area contributed by atoms with Crippen molar-refractivity contribution in [1.29, 1.82) is 0 Å². The van der Waals surface area contributed by atoms with Gasteiger partial charge in [0, 0.05) is 12.9 Å². The minimum Gasteiger partial charge on any atom is -0.397 e. The van der Waals surface area contributed by atoms with E-state index in [0.29, 0.717) is 17.3 Å². The molecule has 1 aromatic rings. The Morgan fingerprint density at radius 1 is 1.69 bits per heavy atom. The summed E-state index contributed by atoms with van der Waals surface area (Å²) in [5.74, 6) is 0.840. The van der Waals surface area contributed by atoms with Gasteiger partial charge in [-0.05, 0) is 6.07 Å². The minimum atomic E-state index is 0.584. The van der Waals surface area contributed by atoms with Gasteiger partial charge in [-0.3, -0.25) is 0 Å². The molecule has 0 unspecified atom stereocenters. The first kappa shape index (κ1) is 10.6. The fourth-order valence-corrected chi connectivity index (χ4v) is 1.87. The summed E-state index contributed by atoms with van der Waals surface area (Å²) in [6, 6.07) is 1.70. The Labute approximate surface area is 86.6 Å². The van der Waals surface area contributed by atoms with E-state index in [2.05, 4.69) is 4.98 Å². The molecule has 0 saturated carbocycles. The third-order valence-corrected chi connectivity index (χ3v) is 2.72. The smallest absolute Gasteiger partial charge is 0.115 e. The number of rotatable bonds is 4. The van der Waals surface area contributed by atoms with Crippen LogP contribution in [0.2, 0.25) is 5.02 Å². The van der Waals surface area contributed by atoms with Crippen LogP contribution in [0.1, 0.15) is 0 Å². The van der Waals surface area contributed by atoms with Crippen LogP contribution in [0.25, 0.3) is 0 Å². The monoisotopic (exact) mass is 218 g/mol. The first-order chi connectivity index (χ1) is 6.24. The molecule has 5 heteroatoms. The van der Waals surface area contributed by atoms with Crippen molar-refractivity contribution in [2.24, 2.45) is 0 Å². The SMILES string of the molecule is COCCSc1ncc(N)cc1Cl. The summed E-state index contributed by atoms with van der Waals surface area (Å²) in [7, 11) is 1.67. The first-order valence-corrected chi connectivity index (χ1v) is 5.13. The van der Waals surface area contributed by atoms with Crippen LogP contribution in [-0.2, 0) is 4.74 Å². The summed E-state index contributed by atoms with van der Waals surface area (Å²) >= 11 is 7.46. The molecule has 72 valence electrons. The molecule has 0 saturated heterocycles. The van der Waals surface area contributed by atoms with Gasteiger partial charge in [0.2, 0.25) is 0 Å². The molecule has 1 aromatic heterocycles. The molecular weight excluding hydrogens is 208 g/mol. The maximum absolute atomic E-state index is 5.90. The fourth-order valence-electron chi connectivity index (χ4n) is 0.768. The van der Waals surface area contributed by atoms with E-state index >= 15 is 0 Å². The van der Waals surface area contributed by atoms with Gasteiger partial charge in [0.1, 0.15) is 5.03 Å². The number of hydrogen-bond donors (Lipinski definition) is 1. The second-order valence-electron chi connectivity index (χ2n) is 2.40. The molecule has 0 radical (unpaired) electrons. The number of aromatic nitrogens is 1. The molecule has 0 aliphatic carbocycles.